The Labute approximate surface area is 182 Å². The Kier molecular flexibility index (Phi) is 7.07. The molecule has 3 rings (SSSR count). The Morgan fingerprint density at radius 1 is 1.21 bits per heavy atom. The number of benzene rings is 2. The van der Waals surface area contributed by atoms with Gasteiger partial charge in [0.25, 0.3) is 5.22 Å². The number of hydrogen-bond donors (Lipinski definition) is 0. The van der Waals surface area contributed by atoms with Gasteiger partial charge in [-0.15, -0.1) is 10.2 Å². The van der Waals surface area contributed by atoms with Crippen molar-refractivity contribution in [1.29, 1.82) is 5.26 Å². The molecule has 1 aromatic heterocycles. The average molecular weight is 471 g/mol. The summed E-state index contributed by atoms with van der Waals surface area (Å²) < 4.78 is 6.59. The normalized spacial score (nSPS) is 10.6. The number of carbonyl (C=O) groups is 1. The van der Waals surface area contributed by atoms with E-state index in [4.69, 9.17) is 9.68 Å². The molecule has 0 N–H and O–H groups in total. The number of rotatable bonds is 7. The predicted molar refractivity (Wildman–Crippen MR) is 117 cm³/mol. The van der Waals surface area contributed by atoms with E-state index in [1.54, 1.807) is 4.90 Å². The molecule has 0 radical (unpaired) electrons. The van der Waals surface area contributed by atoms with Gasteiger partial charge in [0, 0.05) is 22.3 Å². The molecule has 0 fully saturated rings. The molecule has 148 valence electrons. The van der Waals surface area contributed by atoms with Crippen LogP contribution in [0.3, 0.4) is 0 Å². The number of nitriles is 1. The highest BCUT2D eigenvalue weighted by molar-refractivity contribution is 9.10. The summed E-state index contributed by atoms with van der Waals surface area (Å²) >= 11 is 4.60. The second-order valence-corrected chi connectivity index (χ2v) is 8.31. The molecule has 0 saturated heterocycles. The molecule has 0 unspecified atom stereocenters. The Morgan fingerprint density at radius 3 is 2.66 bits per heavy atom. The number of anilines is 1. The van der Waals surface area contributed by atoms with Gasteiger partial charge in [0.15, 0.2) is 0 Å². The smallest absolute Gasteiger partial charge is 0.277 e. The Bertz CT molecular complexity index is 1040. The third kappa shape index (κ3) is 5.68. The van der Waals surface area contributed by atoms with Crippen molar-refractivity contribution in [3.05, 3.63) is 58.1 Å². The van der Waals surface area contributed by atoms with E-state index in [1.807, 2.05) is 56.3 Å². The van der Waals surface area contributed by atoms with Crippen LogP contribution in [-0.2, 0) is 4.79 Å². The quantitative estimate of drug-likeness (QED) is 0.443. The fourth-order valence-corrected chi connectivity index (χ4v) is 3.91. The first-order valence-electron chi connectivity index (χ1n) is 8.94. The summed E-state index contributed by atoms with van der Waals surface area (Å²) in [6.07, 6.45) is 0.261. The number of carbonyl (C=O) groups excluding carboxylic acids is 1. The molecule has 0 aliphatic carbocycles. The van der Waals surface area contributed by atoms with Gasteiger partial charge < -0.3 is 9.32 Å². The minimum Gasteiger partial charge on any atom is -0.411 e. The number of amides is 1. The van der Waals surface area contributed by atoms with Crippen molar-refractivity contribution in [3.63, 3.8) is 0 Å². The van der Waals surface area contributed by atoms with E-state index in [-0.39, 0.29) is 18.1 Å². The fraction of sp³-hybridized carbons (Fsp3) is 0.238. The van der Waals surface area contributed by atoms with E-state index in [9.17, 15) is 4.79 Å². The molecule has 8 heteroatoms. The highest BCUT2D eigenvalue weighted by Gasteiger charge is 2.18. The van der Waals surface area contributed by atoms with Crippen LogP contribution in [0.15, 0.2) is 56.6 Å². The van der Waals surface area contributed by atoms with Crippen molar-refractivity contribution in [2.45, 2.75) is 25.5 Å². The molecule has 2 aromatic carbocycles. The largest absolute Gasteiger partial charge is 0.411 e. The number of aromatic nitrogens is 2. The van der Waals surface area contributed by atoms with Crippen LogP contribution in [0, 0.1) is 25.2 Å². The van der Waals surface area contributed by atoms with Gasteiger partial charge >= 0.3 is 0 Å². The van der Waals surface area contributed by atoms with Crippen LogP contribution < -0.4 is 4.90 Å². The van der Waals surface area contributed by atoms with Gasteiger partial charge in [-0.2, -0.15) is 5.26 Å². The average Bonchev–Trinajstić information content (AvgIpc) is 3.15. The van der Waals surface area contributed by atoms with Crippen molar-refractivity contribution in [3.8, 4) is 17.5 Å². The first-order valence-corrected chi connectivity index (χ1v) is 10.7. The van der Waals surface area contributed by atoms with E-state index < -0.39 is 0 Å². The highest BCUT2D eigenvalue weighted by Crippen LogP contribution is 2.26. The number of nitrogens with zero attached hydrogens (tertiary/aromatic N) is 4. The summed E-state index contributed by atoms with van der Waals surface area (Å²) in [4.78, 5) is 14.5. The van der Waals surface area contributed by atoms with Crippen LogP contribution in [0.4, 0.5) is 5.69 Å². The number of hydrogen-bond acceptors (Lipinski definition) is 6. The Hall–Kier alpha value is -2.63. The highest BCUT2D eigenvalue weighted by atomic mass is 79.9. The lowest BCUT2D eigenvalue weighted by Gasteiger charge is -2.22. The van der Waals surface area contributed by atoms with Crippen LogP contribution in [0.2, 0.25) is 0 Å². The lowest BCUT2D eigenvalue weighted by atomic mass is 10.1. The molecule has 0 atom stereocenters. The standard InChI is InChI=1S/C21H19BrN4O2S/c1-14-9-15(2)11-18(10-14)26(8-4-7-23)19(27)13-29-21-25-24-20(28-21)16-5-3-6-17(22)12-16/h3,5-6,9-12H,4,8,13H2,1-2H3. The molecule has 0 saturated carbocycles. The van der Waals surface area contributed by atoms with Crippen molar-refractivity contribution in [2.24, 2.45) is 0 Å². The molecule has 0 aliphatic heterocycles. The van der Waals surface area contributed by atoms with E-state index in [1.165, 1.54) is 11.8 Å². The van der Waals surface area contributed by atoms with E-state index in [0.717, 1.165) is 26.9 Å². The second-order valence-electron chi connectivity index (χ2n) is 6.47. The summed E-state index contributed by atoms with van der Waals surface area (Å²) in [6.45, 7) is 4.31. The van der Waals surface area contributed by atoms with Gasteiger partial charge in [0.2, 0.25) is 11.8 Å². The maximum Gasteiger partial charge on any atom is 0.277 e. The number of halogens is 1. The fourth-order valence-electron chi connectivity index (χ4n) is 2.87. The van der Waals surface area contributed by atoms with Gasteiger partial charge in [0.05, 0.1) is 18.2 Å². The third-order valence-electron chi connectivity index (χ3n) is 4.06. The SMILES string of the molecule is Cc1cc(C)cc(N(CCC#N)C(=O)CSc2nnc(-c3cccc(Br)c3)o2)c1. The van der Waals surface area contributed by atoms with Gasteiger partial charge in [-0.3, -0.25) is 4.79 Å². The van der Waals surface area contributed by atoms with E-state index in [2.05, 4.69) is 32.2 Å². The maximum absolute atomic E-state index is 12.9. The van der Waals surface area contributed by atoms with Crippen molar-refractivity contribution < 1.29 is 9.21 Å². The molecular weight excluding hydrogens is 452 g/mol. The number of aryl methyl sites for hydroxylation is 2. The summed E-state index contributed by atoms with van der Waals surface area (Å²) in [5.41, 5.74) is 3.73. The monoisotopic (exact) mass is 470 g/mol. The van der Waals surface area contributed by atoms with Crippen molar-refractivity contribution in [1.82, 2.24) is 10.2 Å². The summed E-state index contributed by atoms with van der Waals surface area (Å²) in [7, 11) is 0. The molecule has 3 aromatic rings. The zero-order valence-electron chi connectivity index (χ0n) is 16.1. The summed E-state index contributed by atoms with van der Waals surface area (Å²) in [6, 6.07) is 15.6. The maximum atomic E-state index is 12.9. The lowest BCUT2D eigenvalue weighted by molar-refractivity contribution is -0.116. The molecule has 0 aliphatic rings. The van der Waals surface area contributed by atoms with E-state index in [0.29, 0.717) is 17.7 Å². The summed E-state index contributed by atoms with van der Waals surface area (Å²) in [5.74, 6) is 0.424. The first kappa shape index (κ1) is 21.1. The van der Waals surface area contributed by atoms with Crippen LogP contribution in [0.5, 0.6) is 0 Å². The van der Waals surface area contributed by atoms with Crippen LogP contribution >= 0.6 is 27.7 Å². The van der Waals surface area contributed by atoms with Crippen LogP contribution in [0.1, 0.15) is 17.5 Å². The van der Waals surface area contributed by atoms with Crippen LogP contribution in [0.25, 0.3) is 11.5 Å². The second kappa shape index (κ2) is 9.72. The zero-order chi connectivity index (χ0) is 20.8. The van der Waals surface area contributed by atoms with E-state index >= 15 is 0 Å². The van der Waals surface area contributed by atoms with Gasteiger partial charge in [-0.05, 0) is 55.3 Å². The third-order valence-corrected chi connectivity index (χ3v) is 5.36. The van der Waals surface area contributed by atoms with Gasteiger partial charge in [0.1, 0.15) is 0 Å². The minimum atomic E-state index is -0.113. The zero-order valence-corrected chi connectivity index (χ0v) is 18.5. The van der Waals surface area contributed by atoms with Gasteiger partial charge in [-0.1, -0.05) is 39.8 Å². The molecule has 6 nitrogen and oxygen atoms in total. The first-order chi connectivity index (χ1) is 14.0. The molecule has 0 bridgehead atoms. The Balaban J connectivity index is 1.71. The van der Waals surface area contributed by atoms with Crippen molar-refractivity contribution in [2.75, 3.05) is 17.2 Å². The van der Waals surface area contributed by atoms with Crippen LogP contribution in [-0.4, -0.2) is 28.4 Å². The Morgan fingerprint density at radius 2 is 1.97 bits per heavy atom. The topological polar surface area (TPSA) is 83.0 Å². The minimum absolute atomic E-state index is 0.113. The lowest BCUT2D eigenvalue weighted by Crippen LogP contribution is -2.33. The predicted octanol–water partition coefficient (Wildman–Crippen LogP) is 5.15. The molecule has 1 heterocycles. The number of thioether (sulfide) groups is 1. The summed E-state index contributed by atoms with van der Waals surface area (Å²) in [5, 5.41) is 17.4. The van der Waals surface area contributed by atoms with Gasteiger partial charge in [-0.25, -0.2) is 0 Å². The molecular formula is C21H19BrN4O2S. The molecule has 29 heavy (non-hydrogen) atoms. The molecule has 1 amide bonds. The molecule has 0 spiro atoms. The van der Waals surface area contributed by atoms with Crippen molar-refractivity contribution >= 4 is 39.3 Å².